The molecule has 8 nitrogen and oxygen atoms in total. The minimum Gasteiger partial charge on any atom is -0.493 e. The number of hydrazone groups is 1. The van der Waals surface area contributed by atoms with Gasteiger partial charge in [-0.25, -0.2) is 4.79 Å². The zero-order valence-corrected chi connectivity index (χ0v) is 28.5. The van der Waals surface area contributed by atoms with E-state index in [9.17, 15) is 9.90 Å². The Morgan fingerprint density at radius 3 is 2.70 bits per heavy atom. The van der Waals surface area contributed by atoms with Gasteiger partial charge in [-0.05, 0) is 73.1 Å². The predicted octanol–water partition coefficient (Wildman–Crippen LogP) is 7.60. The summed E-state index contributed by atoms with van der Waals surface area (Å²) in [6.07, 6.45) is 3.45. The zero-order chi connectivity index (χ0) is 32.4. The van der Waals surface area contributed by atoms with Crippen LogP contribution in [0.4, 0.5) is 0 Å². The smallest absolute Gasteiger partial charge is 0.352 e. The van der Waals surface area contributed by atoms with Crippen LogP contribution in [0.3, 0.4) is 0 Å². The predicted molar refractivity (Wildman–Crippen MR) is 191 cm³/mol. The Morgan fingerprint density at radius 1 is 1.07 bits per heavy atom. The van der Waals surface area contributed by atoms with Crippen molar-refractivity contribution in [2.75, 3.05) is 19.4 Å². The molecule has 0 atom stereocenters. The van der Waals surface area contributed by atoms with Crippen LogP contribution >= 0.6 is 23.5 Å². The summed E-state index contributed by atoms with van der Waals surface area (Å²) >= 11 is 3.57. The lowest BCUT2D eigenvalue weighted by molar-refractivity contribution is 0.0685. The lowest BCUT2D eigenvalue weighted by Crippen LogP contribution is -2.09. The lowest BCUT2D eigenvalue weighted by Gasteiger charge is -2.12. The minimum atomic E-state index is -0.925. The molecule has 0 spiro atoms. The quantitative estimate of drug-likeness (QED) is 0.153. The Balaban J connectivity index is 1.46. The van der Waals surface area contributed by atoms with Gasteiger partial charge in [0, 0.05) is 65.3 Å². The maximum Gasteiger partial charge on any atom is 0.352 e. The first kappa shape index (κ1) is 31.8. The number of carboxylic acid groups (broad SMARTS) is 1. The number of rotatable bonds is 3. The van der Waals surface area contributed by atoms with Crippen LogP contribution in [-0.4, -0.2) is 50.5 Å². The summed E-state index contributed by atoms with van der Waals surface area (Å²) in [5.41, 5.74) is 11.3. The Hall–Kier alpha value is -4.15. The van der Waals surface area contributed by atoms with E-state index in [1.807, 2.05) is 36.3 Å². The number of aromatic nitrogens is 3. The molecule has 0 amide bonds. The average Bonchev–Trinajstić information content (AvgIpc) is 3.53. The molecule has 3 heterocycles. The second-order valence-corrected chi connectivity index (χ2v) is 13.6. The zero-order valence-electron chi connectivity index (χ0n) is 26.9. The van der Waals surface area contributed by atoms with E-state index < -0.39 is 5.97 Å². The molecule has 46 heavy (non-hydrogen) atoms. The number of carboxylic acids is 1. The number of fused-ring (bicyclic) bond motifs is 6. The van der Waals surface area contributed by atoms with Gasteiger partial charge in [0.2, 0.25) is 0 Å². The van der Waals surface area contributed by atoms with Crippen LogP contribution in [0.5, 0.6) is 5.75 Å². The summed E-state index contributed by atoms with van der Waals surface area (Å²) in [4.78, 5) is 13.8. The van der Waals surface area contributed by atoms with Gasteiger partial charge in [0.05, 0.1) is 23.5 Å². The number of ether oxygens (including phenoxy) is 1. The summed E-state index contributed by atoms with van der Waals surface area (Å²) in [6.45, 7) is 4.56. The van der Waals surface area contributed by atoms with Crippen molar-refractivity contribution in [2.24, 2.45) is 19.2 Å². The van der Waals surface area contributed by atoms with E-state index in [0.29, 0.717) is 25.1 Å². The van der Waals surface area contributed by atoms with Gasteiger partial charge >= 0.3 is 5.97 Å². The van der Waals surface area contributed by atoms with Crippen molar-refractivity contribution >= 4 is 63.0 Å². The second kappa shape index (κ2) is 13.7. The minimum absolute atomic E-state index is 0.323. The highest BCUT2D eigenvalue weighted by atomic mass is 32.2. The van der Waals surface area contributed by atoms with Gasteiger partial charge < -0.3 is 19.8 Å². The number of aromatic carboxylic acids is 1. The highest BCUT2D eigenvalue weighted by Crippen LogP contribution is 2.36. The van der Waals surface area contributed by atoms with Gasteiger partial charge in [-0.2, -0.15) is 22.0 Å². The van der Waals surface area contributed by atoms with Crippen LogP contribution < -0.4 is 10.2 Å². The van der Waals surface area contributed by atoms with E-state index in [-0.39, 0.29) is 0 Å². The van der Waals surface area contributed by atoms with Gasteiger partial charge in [0.25, 0.3) is 0 Å². The fourth-order valence-electron chi connectivity index (χ4n) is 6.21. The number of aryl methyl sites for hydroxylation is 4. The van der Waals surface area contributed by atoms with Crippen molar-refractivity contribution in [3.8, 4) is 5.75 Å². The highest BCUT2D eigenvalue weighted by molar-refractivity contribution is 7.98. The van der Waals surface area contributed by atoms with Crippen LogP contribution in [0.1, 0.15) is 51.9 Å². The Kier molecular flexibility index (Phi) is 9.47. The van der Waals surface area contributed by atoms with Gasteiger partial charge in [-0.3, -0.25) is 4.68 Å². The summed E-state index contributed by atoms with van der Waals surface area (Å²) in [5, 5.41) is 22.9. The fourth-order valence-corrected chi connectivity index (χ4v) is 8.16. The van der Waals surface area contributed by atoms with Crippen molar-refractivity contribution in [2.45, 2.75) is 43.1 Å². The Labute approximate surface area is 277 Å². The third-order valence-corrected chi connectivity index (χ3v) is 10.6. The Bertz CT molecular complexity index is 2010. The van der Waals surface area contributed by atoms with Crippen LogP contribution in [0.25, 0.3) is 27.8 Å². The fraction of sp³-hybridized carbons (Fsp3) is 0.306. The molecule has 1 aliphatic rings. The molecular weight excluding hydrogens is 615 g/mol. The molecule has 0 aliphatic carbocycles. The van der Waals surface area contributed by atoms with E-state index in [2.05, 4.69) is 72.1 Å². The van der Waals surface area contributed by atoms with E-state index >= 15 is 0 Å². The van der Waals surface area contributed by atoms with E-state index in [1.54, 1.807) is 30.6 Å². The van der Waals surface area contributed by atoms with Crippen molar-refractivity contribution in [3.63, 3.8) is 0 Å². The number of nitrogens with zero attached hydrogens (tertiary/aromatic N) is 4. The van der Waals surface area contributed by atoms with Gasteiger partial charge in [-0.15, -0.1) is 11.8 Å². The molecule has 10 heteroatoms. The molecular formula is C36H39N5O3S2. The first-order valence-electron chi connectivity index (χ1n) is 15.4. The van der Waals surface area contributed by atoms with Crippen LogP contribution in [-0.2, 0) is 32.0 Å². The number of hydrogen-bond donors (Lipinski definition) is 2. The molecule has 8 bridgehead atoms. The molecule has 0 saturated heterocycles. The highest BCUT2D eigenvalue weighted by Gasteiger charge is 2.23. The van der Waals surface area contributed by atoms with E-state index in [4.69, 9.17) is 9.84 Å². The molecule has 3 aromatic carbocycles. The number of carbonyl (C=O) groups is 1. The molecule has 0 fully saturated rings. The van der Waals surface area contributed by atoms with Crippen LogP contribution in [0, 0.1) is 6.92 Å². The number of hydrogen-bond acceptors (Lipinski definition) is 7. The molecule has 2 aromatic heterocycles. The standard InChI is InChI=1S/C36H39N5O3S2/c1-22-12-13-31-30-11-8-14-44-33-18-28(15-24-9-6-7-10-29(24)33)46-21-27-17-26(39-41(27)5)20-45-19-25(23(2)38-37-3)16-32(22)34(31)40(4)35(30)36(42)43/h6-7,9-10,12-13,15-18,37H,8,11,14,19-21H2,1-5H3,(H,42,43)/b25-16+,38-23-. The molecule has 0 unspecified atom stereocenters. The van der Waals surface area contributed by atoms with Crippen molar-refractivity contribution in [1.29, 1.82) is 0 Å². The van der Waals surface area contributed by atoms with Gasteiger partial charge in [0.1, 0.15) is 11.4 Å². The summed E-state index contributed by atoms with van der Waals surface area (Å²) < 4.78 is 10.3. The average molecular weight is 654 g/mol. The molecule has 0 radical (unpaired) electrons. The van der Waals surface area contributed by atoms with Crippen LogP contribution in [0.2, 0.25) is 0 Å². The third kappa shape index (κ3) is 6.41. The van der Waals surface area contributed by atoms with E-state index in [0.717, 1.165) is 83.2 Å². The third-order valence-electron chi connectivity index (χ3n) is 8.53. The molecule has 238 valence electrons. The molecule has 6 rings (SSSR count). The normalized spacial score (nSPS) is 16.1. The monoisotopic (exact) mass is 653 g/mol. The first-order valence-corrected chi connectivity index (χ1v) is 17.5. The molecule has 5 aromatic rings. The lowest BCUT2D eigenvalue weighted by atomic mass is 9.98. The topological polar surface area (TPSA) is 93.7 Å². The second-order valence-electron chi connectivity index (χ2n) is 11.6. The molecule has 0 saturated carbocycles. The Morgan fingerprint density at radius 2 is 1.89 bits per heavy atom. The number of nitrogens with one attached hydrogen (secondary N) is 1. The summed E-state index contributed by atoms with van der Waals surface area (Å²) in [6, 6.07) is 19.0. The van der Waals surface area contributed by atoms with Crippen LogP contribution in [0.15, 0.2) is 70.2 Å². The van der Waals surface area contributed by atoms with E-state index in [1.165, 1.54) is 5.69 Å². The van der Waals surface area contributed by atoms with Crippen molar-refractivity contribution in [3.05, 3.63) is 93.9 Å². The first-order chi connectivity index (χ1) is 22.2. The van der Waals surface area contributed by atoms with Gasteiger partial charge in [0.15, 0.2) is 0 Å². The largest absolute Gasteiger partial charge is 0.493 e. The van der Waals surface area contributed by atoms with Gasteiger partial charge in [-0.1, -0.05) is 36.4 Å². The number of thioether (sulfide) groups is 2. The molecule has 1 aliphatic heterocycles. The summed E-state index contributed by atoms with van der Waals surface area (Å²) in [5.74, 6) is 2.21. The summed E-state index contributed by atoms with van der Waals surface area (Å²) in [7, 11) is 5.67. The SMILES string of the molecule is CN/N=C(C)\C1=C\c2c(C)ccc3c(c(C(=O)O)n(C)c23)CCCOc2cc(cc3ccccc23)SCc2cc(nn2C)CSC1. The maximum absolute atomic E-state index is 12.7. The number of benzene rings is 3. The maximum atomic E-state index is 12.7. The van der Waals surface area contributed by atoms with Crippen molar-refractivity contribution < 1.29 is 14.6 Å². The van der Waals surface area contributed by atoms with Crippen molar-refractivity contribution in [1.82, 2.24) is 19.8 Å². The molecule has 2 N–H and O–H groups in total.